The number of nitrogens with two attached hydrogens (primary N) is 2. The van der Waals surface area contributed by atoms with Crippen molar-refractivity contribution in [2.75, 3.05) is 13.2 Å². The third-order valence-corrected chi connectivity index (χ3v) is 1.87. The van der Waals surface area contributed by atoms with Crippen LogP contribution in [0.4, 0.5) is 4.79 Å². The molecule has 102 valence electrons. The number of ether oxygens (including phenoxy) is 1. The maximum absolute atomic E-state index is 11.1. The second-order valence-corrected chi connectivity index (χ2v) is 3.37. The van der Waals surface area contributed by atoms with Crippen molar-refractivity contribution in [1.82, 2.24) is 5.32 Å². The maximum atomic E-state index is 11.1. The predicted octanol–water partition coefficient (Wildman–Crippen LogP) is -0.595. The van der Waals surface area contributed by atoms with Crippen molar-refractivity contribution in [3.8, 4) is 0 Å². The largest absolute Gasteiger partial charge is 0.480 e. The Kier molecular flexibility index (Phi) is 7.74. The van der Waals surface area contributed by atoms with E-state index >= 15 is 0 Å². The van der Waals surface area contributed by atoms with Gasteiger partial charge in [-0.1, -0.05) is 12.7 Å². The number of aliphatic imine (C=N–C) groups is 1. The summed E-state index contributed by atoms with van der Waals surface area (Å²) in [6, 6.07) is -1.03. The maximum Gasteiger partial charge on any atom is 0.408 e. The van der Waals surface area contributed by atoms with Crippen molar-refractivity contribution >= 4 is 18.0 Å². The summed E-state index contributed by atoms with van der Waals surface area (Å²) in [7, 11) is 0. The summed E-state index contributed by atoms with van der Waals surface area (Å²) < 4.78 is 4.62. The summed E-state index contributed by atoms with van der Waals surface area (Å²) >= 11 is 0. The molecule has 0 aromatic carbocycles. The summed E-state index contributed by atoms with van der Waals surface area (Å²) in [5, 5.41) is 11.1. The van der Waals surface area contributed by atoms with E-state index in [-0.39, 0.29) is 19.0 Å². The fourth-order valence-corrected chi connectivity index (χ4v) is 1.08. The zero-order valence-electron chi connectivity index (χ0n) is 9.96. The Hall–Kier alpha value is -2.25. The van der Waals surface area contributed by atoms with Crippen LogP contribution in [0, 0.1) is 0 Å². The van der Waals surface area contributed by atoms with Gasteiger partial charge in [0.2, 0.25) is 0 Å². The topological polar surface area (TPSA) is 140 Å². The number of nitrogens with one attached hydrogen (secondary N) is 1. The molecule has 0 aliphatic rings. The number of nitrogens with zero attached hydrogens (tertiary/aromatic N) is 1. The highest BCUT2D eigenvalue weighted by Gasteiger charge is 2.19. The van der Waals surface area contributed by atoms with Gasteiger partial charge >= 0.3 is 12.1 Å². The monoisotopic (exact) mass is 258 g/mol. The van der Waals surface area contributed by atoms with E-state index in [4.69, 9.17) is 16.6 Å². The third kappa shape index (κ3) is 7.97. The molecule has 1 amide bonds. The Balaban J connectivity index is 4.07. The molecule has 0 saturated heterocycles. The predicted molar refractivity (Wildman–Crippen MR) is 66.0 cm³/mol. The van der Waals surface area contributed by atoms with Gasteiger partial charge in [-0.2, -0.15) is 0 Å². The van der Waals surface area contributed by atoms with Crippen molar-refractivity contribution in [3.05, 3.63) is 12.7 Å². The van der Waals surface area contributed by atoms with Crippen molar-refractivity contribution in [2.24, 2.45) is 16.5 Å². The van der Waals surface area contributed by atoms with E-state index in [0.717, 1.165) is 0 Å². The van der Waals surface area contributed by atoms with Crippen molar-refractivity contribution < 1.29 is 19.4 Å². The third-order valence-electron chi connectivity index (χ3n) is 1.87. The van der Waals surface area contributed by atoms with Crippen molar-refractivity contribution in [2.45, 2.75) is 18.9 Å². The first-order valence-corrected chi connectivity index (χ1v) is 5.29. The van der Waals surface area contributed by atoms with Gasteiger partial charge in [0.05, 0.1) is 0 Å². The molecule has 0 radical (unpaired) electrons. The molecule has 0 aliphatic carbocycles. The number of amides is 1. The molecule has 0 aromatic heterocycles. The first kappa shape index (κ1) is 15.8. The number of carboxylic acid groups (broad SMARTS) is 1. The molecular formula is C10H18N4O4. The lowest BCUT2D eigenvalue weighted by Crippen LogP contribution is -2.41. The lowest BCUT2D eigenvalue weighted by molar-refractivity contribution is -0.139. The van der Waals surface area contributed by atoms with Crippen LogP contribution in [0.2, 0.25) is 0 Å². The number of hydrogen-bond donors (Lipinski definition) is 4. The Morgan fingerprint density at radius 2 is 2.17 bits per heavy atom. The Bertz CT molecular complexity index is 326. The Morgan fingerprint density at radius 1 is 1.50 bits per heavy atom. The van der Waals surface area contributed by atoms with Crippen LogP contribution in [0.1, 0.15) is 12.8 Å². The van der Waals surface area contributed by atoms with Crippen LogP contribution in [0.25, 0.3) is 0 Å². The van der Waals surface area contributed by atoms with Crippen molar-refractivity contribution in [3.63, 3.8) is 0 Å². The van der Waals surface area contributed by atoms with Gasteiger partial charge in [-0.15, -0.1) is 0 Å². The summed E-state index contributed by atoms with van der Waals surface area (Å²) in [4.78, 5) is 25.7. The standard InChI is InChI=1S/C10H18N4O4/c1-2-6-18-10(17)14-7(8(15)16)4-3-5-13-9(11)12/h2,7H,1,3-6H2,(H,14,17)(H,15,16)(H4,11,12,13)/t7-/m1/s1. The molecule has 1 atom stereocenters. The molecule has 0 fully saturated rings. The highest BCUT2D eigenvalue weighted by atomic mass is 16.5. The van der Waals surface area contributed by atoms with Gasteiger partial charge < -0.3 is 26.6 Å². The molecule has 0 bridgehead atoms. The van der Waals surface area contributed by atoms with E-state index in [9.17, 15) is 9.59 Å². The summed E-state index contributed by atoms with van der Waals surface area (Å²) in [6.07, 6.45) is 1.21. The van der Waals surface area contributed by atoms with Gasteiger partial charge in [0, 0.05) is 6.54 Å². The smallest absolute Gasteiger partial charge is 0.408 e. The average molecular weight is 258 g/mol. The fraction of sp³-hybridized carbons (Fsp3) is 0.500. The molecule has 0 rings (SSSR count). The molecule has 0 unspecified atom stereocenters. The molecule has 0 aromatic rings. The van der Waals surface area contributed by atoms with Crippen LogP contribution >= 0.6 is 0 Å². The zero-order chi connectivity index (χ0) is 14.0. The molecule has 8 nitrogen and oxygen atoms in total. The lowest BCUT2D eigenvalue weighted by Gasteiger charge is -2.13. The van der Waals surface area contributed by atoms with Crippen LogP contribution in [0.15, 0.2) is 17.6 Å². The van der Waals surface area contributed by atoms with E-state index in [0.29, 0.717) is 13.0 Å². The number of carbonyl (C=O) groups excluding carboxylic acids is 1. The second kappa shape index (κ2) is 8.85. The summed E-state index contributed by atoms with van der Waals surface area (Å²) in [5.41, 5.74) is 10.2. The van der Waals surface area contributed by atoms with Crippen LogP contribution in [0.3, 0.4) is 0 Å². The molecule has 0 aliphatic heterocycles. The normalized spacial score (nSPS) is 11.1. The van der Waals surface area contributed by atoms with Crippen molar-refractivity contribution in [1.29, 1.82) is 0 Å². The van der Waals surface area contributed by atoms with E-state index in [1.807, 2.05) is 0 Å². The van der Waals surface area contributed by atoms with E-state index < -0.39 is 18.1 Å². The molecule has 6 N–H and O–H groups in total. The average Bonchev–Trinajstić information content (AvgIpc) is 2.29. The Labute approximate surface area is 105 Å². The molecule has 8 heteroatoms. The number of aliphatic carboxylic acids is 1. The van der Waals surface area contributed by atoms with Gasteiger partial charge in [-0.25, -0.2) is 9.59 Å². The highest BCUT2D eigenvalue weighted by Crippen LogP contribution is 1.99. The first-order chi connectivity index (χ1) is 8.47. The molecule has 0 spiro atoms. The van der Waals surface area contributed by atoms with Crippen LogP contribution < -0.4 is 16.8 Å². The van der Waals surface area contributed by atoms with Gasteiger partial charge in [0.1, 0.15) is 12.6 Å². The van der Waals surface area contributed by atoms with Crippen LogP contribution in [0.5, 0.6) is 0 Å². The highest BCUT2D eigenvalue weighted by molar-refractivity contribution is 5.79. The summed E-state index contributed by atoms with van der Waals surface area (Å²) in [5.74, 6) is -1.20. The first-order valence-electron chi connectivity index (χ1n) is 5.29. The Morgan fingerprint density at radius 3 is 2.67 bits per heavy atom. The van der Waals surface area contributed by atoms with E-state index in [1.165, 1.54) is 6.08 Å². The quantitative estimate of drug-likeness (QED) is 0.198. The van der Waals surface area contributed by atoms with Crippen LogP contribution in [-0.2, 0) is 9.53 Å². The molecule has 0 heterocycles. The summed E-state index contributed by atoms with van der Waals surface area (Å²) in [6.45, 7) is 3.69. The minimum absolute atomic E-state index is 0.0200. The van der Waals surface area contributed by atoms with E-state index in [2.05, 4.69) is 21.6 Å². The number of carboxylic acids is 1. The van der Waals surface area contributed by atoms with E-state index in [1.54, 1.807) is 0 Å². The number of carbonyl (C=O) groups is 2. The van der Waals surface area contributed by atoms with Gasteiger partial charge in [0.25, 0.3) is 0 Å². The number of hydrogen-bond acceptors (Lipinski definition) is 4. The lowest BCUT2D eigenvalue weighted by atomic mass is 10.1. The van der Waals surface area contributed by atoms with Gasteiger partial charge in [-0.05, 0) is 12.8 Å². The molecule has 0 saturated carbocycles. The fourth-order valence-electron chi connectivity index (χ4n) is 1.08. The SMILES string of the molecule is C=CCOC(=O)N[C@H](CCCN=C(N)N)C(=O)O. The number of alkyl carbamates (subject to hydrolysis) is 1. The van der Waals surface area contributed by atoms with Gasteiger partial charge in [0.15, 0.2) is 5.96 Å². The minimum Gasteiger partial charge on any atom is -0.480 e. The van der Waals surface area contributed by atoms with Crippen LogP contribution in [-0.4, -0.2) is 42.3 Å². The minimum atomic E-state index is -1.14. The zero-order valence-corrected chi connectivity index (χ0v) is 9.96. The molecule has 18 heavy (non-hydrogen) atoms. The second-order valence-electron chi connectivity index (χ2n) is 3.37. The number of rotatable bonds is 8. The molecular weight excluding hydrogens is 240 g/mol. The number of guanidine groups is 1. The van der Waals surface area contributed by atoms with Gasteiger partial charge in [-0.3, -0.25) is 4.99 Å².